The number of rotatable bonds is 6. The highest BCUT2D eigenvalue weighted by molar-refractivity contribution is 5.93. The molecule has 6 heteroatoms. The Morgan fingerprint density at radius 3 is 2.43 bits per heavy atom. The number of piperidine rings is 1. The SMILES string of the molecule is CN(C)C(CNC(=O)Nc1ccccc1N1CCCCC1)c1ccc(F)cc1. The van der Waals surface area contributed by atoms with Crippen LogP contribution in [0.25, 0.3) is 0 Å². The minimum absolute atomic E-state index is 0.0383. The van der Waals surface area contributed by atoms with Crippen molar-refractivity contribution in [3.63, 3.8) is 0 Å². The number of amides is 2. The van der Waals surface area contributed by atoms with Crippen LogP contribution in [0, 0.1) is 5.82 Å². The Balaban J connectivity index is 1.63. The zero-order valence-electron chi connectivity index (χ0n) is 16.6. The van der Waals surface area contributed by atoms with E-state index >= 15 is 0 Å². The van der Waals surface area contributed by atoms with Crippen LogP contribution in [0.3, 0.4) is 0 Å². The zero-order valence-corrected chi connectivity index (χ0v) is 16.6. The maximum absolute atomic E-state index is 13.2. The predicted molar refractivity (Wildman–Crippen MR) is 112 cm³/mol. The summed E-state index contributed by atoms with van der Waals surface area (Å²) in [7, 11) is 3.89. The molecular weight excluding hydrogens is 355 g/mol. The highest BCUT2D eigenvalue weighted by atomic mass is 19.1. The molecule has 0 bridgehead atoms. The third-order valence-electron chi connectivity index (χ3n) is 5.18. The molecule has 28 heavy (non-hydrogen) atoms. The van der Waals surface area contributed by atoms with Gasteiger partial charge in [0.15, 0.2) is 0 Å². The Morgan fingerprint density at radius 2 is 1.75 bits per heavy atom. The summed E-state index contributed by atoms with van der Waals surface area (Å²) < 4.78 is 13.2. The molecule has 0 aromatic heterocycles. The Hall–Kier alpha value is -2.60. The second-order valence-electron chi connectivity index (χ2n) is 7.43. The lowest BCUT2D eigenvalue weighted by Gasteiger charge is -2.30. The molecule has 2 N–H and O–H groups in total. The van der Waals surface area contributed by atoms with Crippen molar-refractivity contribution in [3.05, 3.63) is 59.9 Å². The molecule has 2 amide bonds. The summed E-state index contributed by atoms with van der Waals surface area (Å²) in [5.41, 5.74) is 2.85. The molecule has 5 nitrogen and oxygen atoms in total. The first-order valence-electron chi connectivity index (χ1n) is 9.85. The van der Waals surface area contributed by atoms with E-state index in [1.54, 1.807) is 12.1 Å². The van der Waals surface area contributed by atoms with Crippen molar-refractivity contribution in [1.29, 1.82) is 0 Å². The van der Waals surface area contributed by atoms with Crippen LogP contribution in [0.15, 0.2) is 48.5 Å². The summed E-state index contributed by atoms with van der Waals surface area (Å²) in [6, 6.07) is 14.1. The van der Waals surface area contributed by atoms with Gasteiger partial charge in [-0.1, -0.05) is 24.3 Å². The predicted octanol–water partition coefficient (Wildman–Crippen LogP) is 4.24. The van der Waals surface area contributed by atoms with Crippen LogP contribution in [-0.4, -0.2) is 44.7 Å². The molecule has 0 radical (unpaired) electrons. The second-order valence-corrected chi connectivity index (χ2v) is 7.43. The molecular formula is C22H29FN4O. The minimum atomic E-state index is -0.263. The number of hydrogen-bond donors (Lipinski definition) is 2. The molecule has 0 aliphatic carbocycles. The molecule has 1 fully saturated rings. The summed E-state index contributed by atoms with van der Waals surface area (Å²) in [4.78, 5) is 16.9. The van der Waals surface area contributed by atoms with Gasteiger partial charge in [-0.3, -0.25) is 0 Å². The average Bonchev–Trinajstić information content (AvgIpc) is 2.70. The van der Waals surface area contributed by atoms with E-state index in [2.05, 4.69) is 21.6 Å². The summed E-state index contributed by atoms with van der Waals surface area (Å²) >= 11 is 0. The number of nitrogens with one attached hydrogen (secondary N) is 2. The van der Waals surface area contributed by atoms with Gasteiger partial charge in [-0.2, -0.15) is 0 Å². The Bertz CT molecular complexity index is 772. The molecule has 150 valence electrons. The smallest absolute Gasteiger partial charge is 0.319 e. The lowest BCUT2D eigenvalue weighted by Crippen LogP contribution is -2.37. The van der Waals surface area contributed by atoms with Gasteiger partial charge in [0.2, 0.25) is 0 Å². The van der Waals surface area contributed by atoms with Gasteiger partial charge in [-0.05, 0) is 63.2 Å². The first kappa shape index (κ1) is 20.1. The third-order valence-corrected chi connectivity index (χ3v) is 5.18. The number of carbonyl (C=O) groups is 1. The lowest BCUT2D eigenvalue weighted by atomic mass is 10.1. The molecule has 2 aromatic carbocycles. The van der Waals surface area contributed by atoms with Gasteiger partial charge in [-0.25, -0.2) is 9.18 Å². The van der Waals surface area contributed by atoms with E-state index in [1.165, 1.54) is 31.4 Å². The van der Waals surface area contributed by atoms with Crippen molar-refractivity contribution in [3.8, 4) is 0 Å². The number of hydrogen-bond acceptors (Lipinski definition) is 3. The van der Waals surface area contributed by atoms with E-state index in [1.807, 2.05) is 37.2 Å². The number of anilines is 2. The molecule has 1 aliphatic heterocycles. The Labute approximate surface area is 166 Å². The number of para-hydroxylation sites is 2. The molecule has 1 heterocycles. The maximum Gasteiger partial charge on any atom is 0.319 e. The van der Waals surface area contributed by atoms with Crippen LogP contribution >= 0.6 is 0 Å². The monoisotopic (exact) mass is 384 g/mol. The maximum atomic E-state index is 13.2. The van der Waals surface area contributed by atoms with Crippen LogP contribution in [0.4, 0.5) is 20.6 Å². The molecule has 1 atom stereocenters. The van der Waals surface area contributed by atoms with Crippen molar-refractivity contribution >= 4 is 17.4 Å². The number of likely N-dealkylation sites (N-methyl/N-ethyl adjacent to an activating group) is 1. The van der Waals surface area contributed by atoms with Crippen molar-refractivity contribution in [1.82, 2.24) is 10.2 Å². The first-order chi connectivity index (χ1) is 13.5. The van der Waals surface area contributed by atoms with Gasteiger partial charge < -0.3 is 20.4 Å². The topological polar surface area (TPSA) is 47.6 Å². The van der Waals surface area contributed by atoms with Crippen molar-refractivity contribution in [2.24, 2.45) is 0 Å². The number of nitrogens with zero attached hydrogens (tertiary/aromatic N) is 2. The van der Waals surface area contributed by atoms with E-state index in [-0.39, 0.29) is 17.9 Å². The normalized spacial score (nSPS) is 15.4. The Morgan fingerprint density at radius 1 is 1.07 bits per heavy atom. The van der Waals surface area contributed by atoms with E-state index in [4.69, 9.17) is 0 Å². The van der Waals surface area contributed by atoms with Gasteiger partial charge in [0.25, 0.3) is 0 Å². The standard InChI is InChI=1S/C22H29FN4O/c1-26(2)21(17-10-12-18(23)13-11-17)16-24-22(28)25-19-8-4-5-9-20(19)27-14-6-3-7-15-27/h4-5,8-13,21H,3,6-7,14-16H2,1-2H3,(H2,24,25,28). The Kier molecular flexibility index (Phi) is 6.87. The van der Waals surface area contributed by atoms with Crippen molar-refractivity contribution in [2.75, 3.05) is 43.9 Å². The van der Waals surface area contributed by atoms with Gasteiger partial charge in [-0.15, -0.1) is 0 Å². The van der Waals surface area contributed by atoms with E-state index < -0.39 is 0 Å². The highest BCUT2D eigenvalue weighted by Crippen LogP contribution is 2.28. The first-order valence-corrected chi connectivity index (χ1v) is 9.85. The quantitative estimate of drug-likeness (QED) is 0.783. The van der Waals surface area contributed by atoms with E-state index in [9.17, 15) is 9.18 Å². The van der Waals surface area contributed by atoms with Crippen LogP contribution in [0.1, 0.15) is 30.9 Å². The number of halogens is 1. The zero-order chi connectivity index (χ0) is 19.9. The lowest BCUT2D eigenvalue weighted by molar-refractivity contribution is 0.243. The van der Waals surface area contributed by atoms with Gasteiger partial charge in [0.1, 0.15) is 5.82 Å². The largest absolute Gasteiger partial charge is 0.370 e. The summed E-state index contributed by atoms with van der Waals surface area (Å²) in [5, 5.41) is 5.94. The summed E-state index contributed by atoms with van der Waals surface area (Å²) in [5.74, 6) is -0.263. The number of urea groups is 1. The second kappa shape index (κ2) is 9.55. The third kappa shape index (κ3) is 5.23. The fraction of sp³-hybridized carbons (Fsp3) is 0.409. The van der Waals surface area contributed by atoms with Crippen LogP contribution in [-0.2, 0) is 0 Å². The summed E-state index contributed by atoms with van der Waals surface area (Å²) in [6.07, 6.45) is 3.63. The molecule has 3 rings (SSSR count). The number of benzene rings is 2. The van der Waals surface area contributed by atoms with E-state index in [0.29, 0.717) is 6.54 Å². The highest BCUT2D eigenvalue weighted by Gasteiger charge is 2.18. The minimum Gasteiger partial charge on any atom is -0.370 e. The molecule has 0 saturated carbocycles. The van der Waals surface area contributed by atoms with Crippen molar-refractivity contribution < 1.29 is 9.18 Å². The fourth-order valence-electron chi connectivity index (χ4n) is 3.63. The molecule has 2 aromatic rings. The van der Waals surface area contributed by atoms with Crippen LogP contribution in [0.5, 0.6) is 0 Å². The number of carbonyl (C=O) groups excluding carboxylic acids is 1. The van der Waals surface area contributed by atoms with Gasteiger partial charge >= 0.3 is 6.03 Å². The fourth-order valence-corrected chi connectivity index (χ4v) is 3.63. The molecule has 1 unspecified atom stereocenters. The van der Waals surface area contributed by atoms with E-state index in [0.717, 1.165) is 30.0 Å². The summed E-state index contributed by atoms with van der Waals surface area (Å²) in [6.45, 7) is 2.47. The van der Waals surface area contributed by atoms with Crippen molar-refractivity contribution in [2.45, 2.75) is 25.3 Å². The van der Waals surface area contributed by atoms with Gasteiger partial charge in [0.05, 0.1) is 17.4 Å². The molecule has 1 saturated heterocycles. The van der Waals surface area contributed by atoms with Gasteiger partial charge in [0, 0.05) is 19.6 Å². The molecule has 0 spiro atoms. The molecule has 1 aliphatic rings. The van der Waals surface area contributed by atoms with Crippen LogP contribution in [0.2, 0.25) is 0 Å². The van der Waals surface area contributed by atoms with Crippen LogP contribution < -0.4 is 15.5 Å². The average molecular weight is 384 g/mol.